The van der Waals surface area contributed by atoms with Crippen LogP contribution in [0.4, 0.5) is 0 Å². The molecule has 0 aliphatic carbocycles. The fourth-order valence-corrected chi connectivity index (χ4v) is 1.26. The second-order valence-corrected chi connectivity index (χ2v) is 4.49. The van der Waals surface area contributed by atoms with Gasteiger partial charge in [0.25, 0.3) is 0 Å². The minimum absolute atomic E-state index is 0.153. The summed E-state index contributed by atoms with van der Waals surface area (Å²) in [6.07, 6.45) is 4.14. The third kappa shape index (κ3) is 2.15. The molecule has 1 aliphatic rings. The molecule has 1 heterocycles. The third-order valence-corrected chi connectivity index (χ3v) is 2.58. The summed E-state index contributed by atoms with van der Waals surface area (Å²) >= 11 is 0. The van der Waals surface area contributed by atoms with Gasteiger partial charge >= 0.3 is 0 Å². The van der Waals surface area contributed by atoms with E-state index >= 15 is 0 Å². The molecule has 0 saturated heterocycles. The molecule has 0 radical (unpaired) electrons. The summed E-state index contributed by atoms with van der Waals surface area (Å²) in [6.45, 7) is 9.48. The molecule has 0 bridgehead atoms. The molecule has 0 amide bonds. The summed E-state index contributed by atoms with van der Waals surface area (Å²) in [5.74, 6) is 0. The van der Waals surface area contributed by atoms with Gasteiger partial charge < -0.3 is 14.9 Å². The van der Waals surface area contributed by atoms with Gasteiger partial charge in [-0.1, -0.05) is 0 Å². The minimum Gasteiger partial charge on any atom is -0.394 e. The van der Waals surface area contributed by atoms with Crippen molar-refractivity contribution in [3.05, 3.63) is 12.4 Å². The van der Waals surface area contributed by atoms with Crippen molar-refractivity contribution >= 4 is 0 Å². The topological polar surface area (TPSA) is 26.7 Å². The summed E-state index contributed by atoms with van der Waals surface area (Å²) in [6, 6.07) is 0.524. The van der Waals surface area contributed by atoms with Crippen molar-refractivity contribution < 1.29 is 5.11 Å². The van der Waals surface area contributed by atoms with Crippen molar-refractivity contribution in [3.8, 4) is 0 Å². The van der Waals surface area contributed by atoms with Crippen molar-refractivity contribution in [2.45, 2.75) is 39.3 Å². The second kappa shape index (κ2) is 3.58. The zero-order valence-electron chi connectivity index (χ0n) is 8.99. The van der Waals surface area contributed by atoms with Gasteiger partial charge in [-0.25, -0.2) is 0 Å². The summed E-state index contributed by atoms with van der Waals surface area (Å²) in [5.41, 5.74) is -0.153. The lowest BCUT2D eigenvalue weighted by atomic mass is 10.1. The van der Waals surface area contributed by atoms with E-state index in [-0.39, 0.29) is 12.1 Å². The molecule has 0 saturated carbocycles. The molecule has 1 aliphatic heterocycles. The van der Waals surface area contributed by atoms with E-state index in [1.54, 1.807) is 0 Å². The van der Waals surface area contributed by atoms with E-state index in [1.807, 2.05) is 13.8 Å². The van der Waals surface area contributed by atoms with E-state index in [4.69, 9.17) is 0 Å². The Morgan fingerprint density at radius 2 is 2.00 bits per heavy atom. The quantitative estimate of drug-likeness (QED) is 0.714. The highest BCUT2D eigenvalue weighted by Gasteiger charge is 2.27. The number of aliphatic hydroxyl groups is 1. The minimum atomic E-state index is -0.153. The highest BCUT2D eigenvalue weighted by Crippen LogP contribution is 2.20. The van der Waals surface area contributed by atoms with Crippen LogP contribution in [0.15, 0.2) is 12.4 Å². The first-order chi connectivity index (χ1) is 5.97. The molecule has 0 fully saturated rings. The molecule has 13 heavy (non-hydrogen) atoms. The first-order valence-corrected chi connectivity index (χ1v) is 4.79. The lowest BCUT2D eigenvalue weighted by Crippen LogP contribution is -2.45. The number of nitrogens with zero attached hydrogens (tertiary/aromatic N) is 2. The molecular weight excluding hydrogens is 164 g/mol. The predicted molar refractivity (Wildman–Crippen MR) is 54.0 cm³/mol. The summed E-state index contributed by atoms with van der Waals surface area (Å²) in [7, 11) is 0. The Labute approximate surface area is 80.6 Å². The zero-order chi connectivity index (χ0) is 10.1. The molecule has 0 aromatic heterocycles. The van der Waals surface area contributed by atoms with Gasteiger partial charge in [0.1, 0.15) is 0 Å². The van der Waals surface area contributed by atoms with Crippen LogP contribution in [-0.2, 0) is 0 Å². The van der Waals surface area contributed by atoms with Crippen LogP contribution < -0.4 is 0 Å². The first kappa shape index (κ1) is 10.4. The predicted octanol–water partition coefficient (Wildman–Crippen LogP) is 1.21. The van der Waals surface area contributed by atoms with Crippen molar-refractivity contribution in [1.29, 1.82) is 0 Å². The Morgan fingerprint density at radius 3 is 2.38 bits per heavy atom. The Hall–Kier alpha value is -0.700. The van der Waals surface area contributed by atoms with Gasteiger partial charge in [0.2, 0.25) is 0 Å². The molecule has 0 atom stereocenters. The van der Waals surface area contributed by atoms with Crippen molar-refractivity contribution in [2.75, 3.05) is 13.3 Å². The lowest BCUT2D eigenvalue weighted by Gasteiger charge is -2.35. The normalized spacial score (nSPS) is 17.7. The average Bonchev–Trinajstić information content (AvgIpc) is 2.52. The Morgan fingerprint density at radius 1 is 1.38 bits per heavy atom. The van der Waals surface area contributed by atoms with Crippen LogP contribution in [0.25, 0.3) is 0 Å². The molecule has 0 spiro atoms. The summed E-state index contributed by atoms with van der Waals surface area (Å²) in [4.78, 5) is 4.41. The van der Waals surface area contributed by atoms with E-state index < -0.39 is 0 Å². The van der Waals surface area contributed by atoms with E-state index in [9.17, 15) is 5.11 Å². The maximum Gasteiger partial charge on any atom is 0.0902 e. The smallest absolute Gasteiger partial charge is 0.0902 e. The number of hydrogen-bond acceptors (Lipinski definition) is 3. The molecular formula is C10H20N2O. The van der Waals surface area contributed by atoms with Crippen LogP contribution in [0.5, 0.6) is 0 Å². The fraction of sp³-hybridized carbons (Fsp3) is 0.800. The monoisotopic (exact) mass is 184 g/mol. The highest BCUT2D eigenvalue weighted by atomic mass is 16.3. The molecule has 0 aromatic carbocycles. The van der Waals surface area contributed by atoms with Gasteiger partial charge in [-0.2, -0.15) is 0 Å². The van der Waals surface area contributed by atoms with Crippen LogP contribution in [-0.4, -0.2) is 39.8 Å². The van der Waals surface area contributed by atoms with Crippen LogP contribution in [0.2, 0.25) is 0 Å². The van der Waals surface area contributed by atoms with Crippen LogP contribution in [0.3, 0.4) is 0 Å². The number of rotatable bonds is 3. The standard InChI is InChI=1S/C10H20N2O/c1-9(2)11-5-6-12(8-11)10(3,4)7-13/h5-6,9,13H,7-8H2,1-4H3. The molecule has 3 nitrogen and oxygen atoms in total. The third-order valence-electron chi connectivity index (χ3n) is 2.58. The first-order valence-electron chi connectivity index (χ1n) is 4.79. The summed E-state index contributed by atoms with van der Waals surface area (Å²) in [5, 5.41) is 9.19. The zero-order valence-corrected chi connectivity index (χ0v) is 8.99. The average molecular weight is 184 g/mol. The molecule has 1 rings (SSSR count). The Kier molecular flexibility index (Phi) is 2.86. The van der Waals surface area contributed by atoms with Crippen LogP contribution in [0, 0.1) is 0 Å². The molecule has 1 N–H and O–H groups in total. The highest BCUT2D eigenvalue weighted by molar-refractivity contribution is 4.98. The van der Waals surface area contributed by atoms with E-state index in [2.05, 4.69) is 36.0 Å². The van der Waals surface area contributed by atoms with Gasteiger partial charge in [-0.15, -0.1) is 0 Å². The number of aliphatic hydroxyl groups excluding tert-OH is 1. The van der Waals surface area contributed by atoms with Gasteiger partial charge in [0, 0.05) is 18.4 Å². The molecule has 3 heteroatoms. The van der Waals surface area contributed by atoms with Gasteiger partial charge in [0.15, 0.2) is 0 Å². The van der Waals surface area contributed by atoms with Gasteiger partial charge in [0.05, 0.1) is 18.8 Å². The van der Waals surface area contributed by atoms with Crippen molar-refractivity contribution in [3.63, 3.8) is 0 Å². The lowest BCUT2D eigenvalue weighted by molar-refractivity contribution is 0.0734. The Bertz CT molecular complexity index is 199. The van der Waals surface area contributed by atoms with Crippen molar-refractivity contribution in [1.82, 2.24) is 9.80 Å². The number of hydrogen-bond donors (Lipinski definition) is 1. The fourth-order valence-electron chi connectivity index (χ4n) is 1.26. The van der Waals surface area contributed by atoms with Crippen LogP contribution >= 0.6 is 0 Å². The van der Waals surface area contributed by atoms with Crippen molar-refractivity contribution in [2.24, 2.45) is 0 Å². The Balaban J connectivity index is 2.56. The van der Waals surface area contributed by atoms with Gasteiger partial charge in [-0.3, -0.25) is 0 Å². The largest absolute Gasteiger partial charge is 0.394 e. The molecule has 0 unspecified atom stereocenters. The van der Waals surface area contributed by atoms with Crippen LogP contribution in [0.1, 0.15) is 27.7 Å². The summed E-state index contributed by atoms with van der Waals surface area (Å²) < 4.78 is 0. The molecule has 76 valence electrons. The van der Waals surface area contributed by atoms with Gasteiger partial charge in [-0.05, 0) is 27.7 Å². The maximum atomic E-state index is 9.19. The SMILES string of the molecule is CC(C)N1C=CN(C(C)(C)CO)C1. The molecule has 0 aromatic rings. The van der Waals surface area contributed by atoms with E-state index in [0.29, 0.717) is 6.04 Å². The van der Waals surface area contributed by atoms with E-state index in [1.165, 1.54) is 0 Å². The maximum absolute atomic E-state index is 9.19. The van der Waals surface area contributed by atoms with E-state index in [0.717, 1.165) is 6.67 Å². The second-order valence-electron chi connectivity index (χ2n) is 4.49.